The molecule has 1 fully saturated rings. The van der Waals surface area contributed by atoms with Crippen molar-refractivity contribution < 1.29 is 12.8 Å². The summed E-state index contributed by atoms with van der Waals surface area (Å²) in [6.45, 7) is 3.69. The number of aromatic nitrogens is 3. The predicted octanol–water partition coefficient (Wildman–Crippen LogP) is 4.86. The van der Waals surface area contributed by atoms with Gasteiger partial charge in [0.1, 0.15) is 16.1 Å². The van der Waals surface area contributed by atoms with Crippen molar-refractivity contribution in [3.63, 3.8) is 0 Å². The number of nitrogens with one attached hydrogen (secondary N) is 1. The number of primary sulfonamides is 1. The summed E-state index contributed by atoms with van der Waals surface area (Å²) in [4.78, 5) is 13.8. The molecule has 5 rings (SSSR count). The van der Waals surface area contributed by atoms with E-state index < -0.39 is 21.1 Å². The number of anilines is 1. The van der Waals surface area contributed by atoms with Gasteiger partial charge in [0.15, 0.2) is 0 Å². The first-order valence-electron chi connectivity index (χ1n) is 12.5. The fraction of sp³-hybridized carbons (Fsp3) is 0.296. The monoisotopic (exact) mass is 552 g/mol. The third-order valence-electron chi connectivity index (χ3n) is 6.90. The Balaban J connectivity index is 1.62. The number of nitrogens with zero attached hydrogens (tertiary/aromatic N) is 3. The molecular weight excluding hydrogens is 523 g/mol. The second kappa shape index (κ2) is 10.9. The maximum Gasteiger partial charge on any atom is 0.220 e. The number of nitrogen functional groups attached to an aromatic ring is 1. The highest BCUT2D eigenvalue weighted by molar-refractivity contribution is 7.89. The van der Waals surface area contributed by atoms with Crippen LogP contribution in [0.3, 0.4) is 0 Å². The van der Waals surface area contributed by atoms with Crippen molar-refractivity contribution in [3.05, 3.63) is 71.7 Å². The van der Waals surface area contributed by atoms with Gasteiger partial charge >= 0.3 is 0 Å². The van der Waals surface area contributed by atoms with Crippen molar-refractivity contribution in [2.24, 2.45) is 5.14 Å². The Labute approximate surface area is 225 Å². The van der Waals surface area contributed by atoms with E-state index in [-0.39, 0.29) is 23.5 Å². The summed E-state index contributed by atoms with van der Waals surface area (Å²) in [7, 11) is -4.01. The number of piperidine rings is 1. The highest BCUT2D eigenvalue weighted by Gasteiger charge is 2.28. The number of sulfonamides is 1. The van der Waals surface area contributed by atoms with Crippen LogP contribution in [0.4, 0.5) is 10.3 Å². The van der Waals surface area contributed by atoms with Gasteiger partial charge in [0.25, 0.3) is 0 Å². The minimum atomic E-state index is -4.01. The number of rotatable bonds is 7. The van der Waals surface area contributed by atoms with Crippen LogP contribution in [0.15, 0.2) is 54.7 Å². The summed E-state index contributed by atoms with van der Waals surface area (Å²) in [5.74, 6) is -0.0575. The fourth-order valence-electron chi connectivity index (χ4n) is 4.96. The molecule has 2 aromatic heterocycles. The molecule has 1 saturated heterocycles. The molecule has 0 radical (unpaired) electrons. The lowest BCUT2D eigenvalue weighted by Gasteiger charge is -2.23. The van der Waals surface area contributed by atoms with Crippen LogP contribution in [0.25, 0.3) is 32.4 Å². The normalized spacial score (nSPS) is 15.4. The molecule has 1 aliphatic heterocycles. The topological polar surface area (TPSA) is 137 Å². The highest BCUT2D eigenvalue weighted by Crippen LogP contribution is 2.42. The average Bonchev–Trinajstić information content (AvgIpc) is 3.35. The molecule has 0 amide bonds. The smallest absolute Gasteiger partial charge is 0.220 e. The van der Waals surface area contributed by atoms with Crippen LogP contribution in [0, 0.1) is 5.82 Å². The van der Waals surface area contributed by atoms with Crippen molar-refractivity contribution >= 4 is 27.3 Å². The average molecular weight is 553 g/mol. The van der Waals surface area contributed by atoms with Gasteiger partial charge in [-0.05, 0) is 56.0 Å². The SMILES string of the molecule is CCC(c1cccc(-c2nc(-c3ccc(C4CCNCC4)cc3)sc2-c2ccnc(N)n2)c1F)S(N)(=O)=O. The highest BCUT2D eigenvalue weighted by atomic mass is 32.2. The van der Waals surface area contributed by atoms with Gasteiger partial charge in [-0.25, -0.2) is 32.9 Å². The van der Waals surface area contributed by atoms with E-state index in [0.29, 0.717) is 27.2 Å². The minimum Gasteiger partial charge on any atom is -0.368 e. The van der Waals surface area contributed by atoms with E-state index in [0.717, 1.165) is 31.5 Å². The van der Waals surface area contributed by atoms with Gasteiger partial charge in [-0.3, -0.25) is 0 Å². The largest absolute Gasteiger partial charge is 0.368 e. The molecule has 198 valence electrons. The Kier molecular flexibility index (Phi) is 7.53. The second-order valence-corrected chi connectivity index (χ2v) is 12.1. The van der Waals surface area contributed by atoms with E-state index in [1.54, 1.807) is 25.1 Å². The van der Waals surface area contributed by atoms with Gasteiger partial charge in [0.05, 0.1) is 16.3 Å². The maximum absolute atomic E-state index is 16.0. The Bertz CT molecular complexity index is 1550. The summed E-state index contributed by atoms with van der Waals surface area (Å²) in [5, 5.41) is 8.34. The molecule has 1 atom stereocenters. The van der Waals surface area contributed by atoms with Gasteiger partial charge in [0, 0.05) is 22.9 Å². The molecule has 38 heavy (non-hydrogen) atoms. The lowest BCUT2D eigenvalue weighted by atomic mass is 9.90. The lowest BCUT2D eigenvalue weighted by Crippen LogP contribution is -2.26. The molecule has 1 unspecified atom stereocenters. The first-order valence-corrected chi connectivity index (χ1v) is 14.9. The lowest BCUT2D eigenvalue weighted by molar-refractivity contribution is 0.460. The number of halogens is 1. The van der Waals surface area contributed by atoms with E-state index in [1.165, 1.54) is 29.2 Å². The summed E-state index contributed by atoms with van der Waals surface area (Å²) in [6, 6.07) is 14.7. The number of nitrogens with two attached hydrogens (primary N) is 2. The molecular formula is C27H29FN6O2S2. The first-order chi connectivity index (χ1) is 18.3. The third kappa shape index (κ3) is 5.32. The number of thiazole rings is 1. The minimum absolute atomic E-state index is 0.0153. The van der Waals surface area contributed by atoms with Crippen LogP contribution in [-0.4, -0.2) is 36.5 Å². The van der Waals surface area contributed by atoms with E-state index in [9.17, 15) is 8.42 Å². The van der Waals surface area contributed by atoms with E-state index in [1.807, 2.05) is 12.1 Å². The molecule has 8 nitrogen and oxygen atoms in total. The molecule has 3 heterocycles. The summed E-state index contributed by atoms with van der Waals surface area (Å²) in [6.07, 6.45) is 3.88. The third-order valence-corrected chi connectivity index (χ3v) is 9.41. The Morgan fingerprint density at radius 1 is 1.11 bits per heavy atom. The van der Waals surface area contributed by atoms with Crippen molar-refractivity contribution in [1.82, 2.24) is 20.3 Å². The van der Waals surface area contributed by atoms with Gasteiger partial charge in [-0.15, -0.1) is 11.3 Å². The van der Waals surface area contributed by atoms with E-state index in [4.69, 9.17) is 15.9 Å². The van der Waals surface area contributed by atoms with Crippen LogP contribution in [-0.2, 0) is 10.0 Å². The molecule has 0 aliphatic carbocycles. The van der Waals surface area contributed by atoms with Crippen LogP contribution in [0.5, 0.6) is 0 Å². The van der Waals surface area contributed by atoms with Gasteiger partial charge < -0.3 is 11.1 Å². The molecule has 11 heteroatoms. The van der Waals surface area contributed by atoms with Gasteiger partial charge in [0.2, 0.25) is 16.0 Å². The molecule has 4 aromatic rings. The zero-order chi connectivity index (χ0) is 26.9. The Morgan fingerprint density at radius 3 is 2.50 bits per heavy atom. The van der Waals surface area contributed by atoms with Crippen molar-refractivity contribution in [1.29, 1.82) is 0 Å². The zero-order valence-electron chi connectivity index (χ0n) is 20.9. The molecule has 1 aliphatic rings. The second-order valence-electron chi connectivity index (χ2n) is 9.34. The van der Waals surface area contributed by atoms with E-state index in [2.05, 4.69) is 27.4 Å². The summed E-state index contributed by atoms with van der Waals surface area (Å²) < 4.78 is 40.3. The van der Waals surface area contributed by atoms with Crippen LogP contribution >= 0.6 is 11.3 Å². The number of hydrogen-bond donors (Lipinski definition) is 3. The quantitative estimate of drug-likeness (QED) is 0.298. The maximum atomic E-state index is 16.0. The molecule has 5 N–H and O–H groups in total. The van der Waals surface area contributed by atoms with Crippen molar-refractivity contribution in [3.8, 4) is 32.4 Å². The Hall–Kier alpha value is -3.25. The molecule has 0 bridgehead atoms. The van der Waals surface area contributed by atoms with Crippen molar-refractivity contribution in [2.75, 3.05) is 18.8 Å². The number of benzene rings is 2. The van der Waals surface area contributed by atoms with Crippen LogP contribution < -0.4 is 16.2 Å². The van der Waals surface area contributed by atoms with Gasteiger partial charge in [-0.2, -0.15) is 0 Å². The van der Waals surface area contributed by atoms with Crippen LogP contribution in [0.1, 0.15) is 48.5 Å². The zero-order valence-corrected chi connectivity index (χ0v) is 22.5. The Morgan fingerprint density at radius 2 is 1.84 bits per heavy atom. The first kappa shape index (κ1) is 26.4. The number of hydrogen-bond acceptors (Lipinski definition) is 8. The predicted molar refractivity (Wildman–Crippen MR) is 149 cm³/mol. The van der Waals surface area contributed by atoms with Crippen LogP contribution in [0.2, 0.25) is 0 Å². The summed E-state index contributed by atoms with van der Waals surface area (Å²) >= 11 is 1.37. The molecule has 0 saturated carbocycles. The summed E-state index contributed by atoms with van der Waals surface area (Å²) in [5.41, 5.74) is 9.09. The van der Waals surface area contributed by atoms with Gasteiger partial charge in [-0.1, -0.05) is 43.3 Å². The molecule has 2 aromatic carbocycles. The van der Waals surface area contributed by atoms with Crippen molar-refractivity contribution in [2.45, 2.75) is 37.4 Å². The fourth-order valence-corrected chi connectivity index (χ4v) is 7.02. The molecule has 0 spiro atoms. The standard InChI is InChI=1S/C27H29FN6O2S2/c1-2-22(38(30,35)36)19-4-3-5-20(23(19)28)24-25(21-12-15-32-27(29)33-21)37-26(34-24)18-8-6-16(7-9-18)17-10-13-31-14-11-17/h3-9,12,15,17,22,31H,2,10-11,13-14H2,1H3,(H2,29,32,33)(H2,30,35,36). The van der Waals surface area contributed by atoms with E-state index >= 15 is 4.39 Å².